The fourth-order valence-electron chi connectivity index (χ4n) is 3.53. The van der Waals surface area contributed by atoms with E-state index in [0.29, 0.717) is 11.1 Å². The van der Waals surface area contributed by atoms with Gasteiger partial charge in [-0.1, -0.05) is 48.2 Å². The van der Waals surface area contributed by atoms with E-state index in [9.17, 15) is 18.0 Å². The maximum absolute atomic E-state index is 12.8. The molecule has 37 heavy (non-hydrogen) atoms. The van der Waals surface area contributed by atoms with E-state index in [1.165, 1.54) is 21.9 Å². The smallest absolute Gasteiger partial charge is 0.416 e. The quantitative estimate of drug-likeness (QED) is 0.153. The zero-order chi connectivity index (χ0) is 26.5. The normalized spacial score (nSPS) is 11.5. The molecule has 0 radical (unpaired) electrons. The van der Waals surface area contributed by atoms with Crippen LogP contribution in [-0.4, -0.2) is 11.6 Å². The van der Waals surface area contributed by atoms with Crippen LogP contribution in [0, 0.1) is 11.8 Å². The summed E-state index contributed by atoms with van der Waals surface area (Å²) in [4.78, 5) is 16.2. The molecule has 4 aromatic rings. The molecule has 0 saturated heterocycles. The first-order valence-electron chi connectivity index (χ1n) is 11.5. The van der Waals surface area contributed by atoms with E-state index in [1.54, 1.807) is 26.0 Å². The van der Waals surface area contributed by atoms with Gasteiger partial charge in [-0.3, -0.25) is 0 Å². The molecule has 0 bridgehead atoms. The Bertz CT molecular complexity index is 1360. The standard InChI is InChI=1S/C31H24F3O2S/c1-30(2,22-21-23-13-17-25(18-14-23)31(32,33)34)36-29(35)24-15-19-28(20-16-24)37(26-9-5-3-6-10-26)27-11-7-4-8-12-27/h3-20H,1-2H3/q+1. The highest BCUT2D eigenvalue weighted by molar-refractivity contribution is 7.97. The predicted molar refractivity (Wildman–Crippen MR) is 139 cm³/mol. The zero-order valence-corrected chi connectivity index (χ0v) is 21.1. The van der Waals surface area contributed by atoms with Crippen molar-refractivity contribution in [1.82, 2.24) is 0 Å². The summed E-state index contributed by atoms with van der Waals surface area (Å²) in [5.74, 6) is 5.09. The highest BCUT2D eigenvalue weighted by atomic mass is 32.2. The molecule has 186 valence electrons. The molecule has 0 atom stereocenters. The lowest BCUT2D eigenvalue weighted by Gasteiger charge is -2.19. The highest BCUT2D eigenvalue weighted by Crippen LogP contribution is 2.31. The van der Waals surface area contributed by atoms with E-state index in [0.717, 1.165) is 17.0 Å². The Balaban J connectivity index is 1.50. The molecule has 0 N–H and O–H groups in total. The Kier molecular flexibility index (Phi) is 7.75. The van der Waals surface area contributed by atoms with Crippen LogP contribution in [0.4, 0.5) is 13.2 Å². The van der Waals surface area contributed by atoms with Crippen LogP contribution >= 0.6 is 0 Å². The summed E-state index contributed by atoms with van der Waals surface area (Å²) >= 11 is 0. The monoisotopic (exact) mass is 517 g/mol. The lowest BCUT2D eigenvalue weighted by molar-refractivity contribution is -0.137. The van der Waals surface area contributed by atoms with Gasteiger partial charge in [0, 0.05) is 5.56 Å². The maximum Gasteiger partial charge on any atom is 0.416 e. The Morgan fingerprint density at radius 1 is 0.703 bits per heavy atom. The molecule has 0 spiro atoms. The predicted octanol–water partition coefficient (Wildman–Crippen LogP) is 7.79. The van der Waals surface area contributed by atoms with Crippen molar-refractivity contribution in [3.05, 3.63) is 126 Å². The third kappa shape index (κ3) is 6.84. The average molecular weight is 518 g/mol. The molecule has 0 heterocycles. The Labute approximate surface area is 217 Å². The van der Waals surface area contributed by atoms with Crippen LogP contribution in [0.15, 0.2) is 124 Å². The number of esters is 1. The molecule has 4 aromatic carbocycles. The Morgan fingerprint density at radius 3 is 1.68 bits per heavy atom. The first-order valence-corrected chi connectivity index (χ1v) is 12.7. The molecule has 0 aliphatic carbocycles. The molecule has 6 heteroatoms. The van der Waals surface area contributed by atoms with Gasteiger partial charge in [0.1, 0.15) is 0 Å². The minimum Gasteiger partial charge on any atom is -0.443 e. The van der Waals surface area contributed by atoms with Crippen LogP contribution in [0.1, 0.15) is 35.3 Å². The van der Waals surface area contributed by atoms with Gasteiger partial charge in [0.05, 0.1) is 22.0 Å². The molecular formula is C31H24F3O2S+. The van der Waals surface area contributed by atoms with Crippen LogP contribution in [0.3, 0.4) is 0 Å². The van der Waals surface area contributed by atoms with Crippen LogP contribution in [0.2, 0.25) is 0 Å². The van der Waals surface area contributed by atoms with E-state index in [2.05, 4.69) is 36.1 Å². The molecular weight excluding hydrogens is 493 g/mol. The number of rotatable bonds is 5. The summed E-state index contributed by atoms with van der Waals surface area (Å²) in [6.45, 7) is 3.27. The van der Waals surface area contributed by atoms with Crippen molar-refractivity contribution in [1.29, 1.82) is 0 Å². The molecule has 0 amide bonds. The fourth-order valence-corrected chi connectivity index (χ4v) is 5.61. The second kappa shape index (κ2) is 11.0. The number of alkyl halides is 3. The van der Waals surface area contributed by atoms with Crippen LogP contribution in [0.25, 0.3) is 0 Å². The van der Waals surface area contributed by atoms with Gasteiger partial charge in [0.25, 0.3) is 0 Å². The summed E-state index contributed by atoms with van der Waals surface area (Å²) < 4.78 is 43.8. The maximum atomic E-state index is 12.8. The van der Waals surface area contributed by atoms with E-state index in [4.69, 9.17) is 4.74 Å². The number of hydrogen-bond acceptors (Lipinski definition) is 2. The van der Waals surface area contributed by atoms with Crippen LogP contribution in [0.5, 0.6) is 0 Å². The van der Waals surface area contributed by atoms with Crippen LogP contribution < -0.4 is 0 Å². The molecule has 4 rings (SSSR count). The van der Waals surface area contributed by atoms with Crippen LogP contribution in [-0.2, 0) is 21.8 Å². The average Bonchev–Trinajstić information content (AvgIpc) is 2.89. The number of benzene rings is 4. The molecule has 0 unspecified atom stereocenters. The van der Waals surface area contributed by atoms with Crippen molar-refractivity contribution < 1.29 is 22.7 Å². The van der Waals surface area contributed by atoms with Crippen molar-refractivity contribution in [3.8, 4) is 11.8 Å². The van der Waals surface area contributed by atoms with E-state index in [-0.39, 0.29) is 10.9 Å². The number of carbonyl (C=O) groups excluding carboxylic acids is 1. The third-order valence-electron chi connectivity index (χ3n) is 5.35. The summed E-state index contributed by atoms with van der Waals surface area (Å²) in [5, 5.41) is 0. The van der Waals surface area contributed by atoms with Gasteiger partial charge in [0.2, 0.25) is 0 Å². The van der Waals surface area contributed by atoms with Gasteiger partial charge in [-0.25, -0.2) is 4.79 Å². The first kappa shape index (κ1) is 26.1. The molecule has 0 saturated carbocycles. The summed E-state index contributed by atoms with van der Waals surface area (Å²) in [6, 6.07) is 32.3. The number of carbonyl (C=O) groups is 1. The van der Waals surface area contributed by atoms with Crippen molar-refractivity contribution in [2.45, 2.75) is 40.3 Å². The van der Waals surface area contributed by atoms with Crippen molar-refractivity contribution >= 4 is 16.9 Å². The molecule has 0 aromatic heterocycles. The van der Waals surface area contributed by atoms with Gasteiger partial charge in [-0.2, -0.15) is 13.2 Å². The van der Waals surface area contributed by atoms with E-state index >= 15 is 0 Å². The highest BCUT2D eigenvalue weighted by Gasteiger charge is 2.30. The fraction of sp³-hybridized carbons (Fsp3) is 0.129. The van der Waals surface area contributed by atoms with Crippen molar-refractivity contribution in [2.24, 2.45) is 0 Å². The minimum absolute atomic E-state index is 0.332. The molecule has 0 fully saturated rings. The second-order valence-electron chi connectivity index (χ2n) is 8.68. The topological polar surface area (TPSA) is 26.3 Å². The van der Waals surface area contributed by atoms with E-state index in [1.807, 2.05) is 48.5 Å². The molecule has 0 aliphatic rings. The zero-order valence-electron chi connectivity index (χ0n) is 20.3. The van der Waals surface area contributed by atoms with Gasteiger partial charge < -0.3 is 4.74 Å². The summed E-state index contributed by atoms with van der Waals surface area (Å²) in [7, 11) is -0.332. The van der Waals surface area contributed by atoms with Gasteiger partial charge in [-0.05, 0) is 86.6 Å². The van der Waals surface area contributed by atoms with E-state index < -0.39 is 23.3 Å². The Morgan fingerprint density at radius 2 is 1.19 bits per heavy atom. The number of halogens is 3. The Hall–Kier alpha value is -3.95. The third-order valence-corrected chi connectivity index (χ3v) is 7.58. The number of hydrogen-bond donors (Lipinski definition) is 0. The summed E-state index contributed by atoms with van der Waals surface area (Å²) in [6.07, 6.45) is -4.40. The minimum atomic E-state index is -4.40. The lowest BCUT2D eigenvalue weighted by atomic mass is 10.1. The van der Waals surface area contributed by atoms with Gasteiger partial charge in [-0.15, -0.1) is 0 Å². The SMILES string of the molecule is CC(C)(C#Cc1ccc(C(F)(F)F)cc1)OC(=O)c1ccc([S+](c2ccccc2)c2ccccc2)cc1. The molecule has 2 nitrogen and oxygen atoms in total. The first-order chi connectivity index (χ1) is 17.6. The van der Waals surface area contributed by atoms with Crippen molar-refractivity contribution in [2.75, 3.05) is 0 Å². The van der Waals surface area contributed by atoms with Gasteiger partial charge in [0.15, 0.2) is 20.3 Å². The summed E-state index contributed by atoms with van der Waals surface area (Å²) in [5.41, 5.74) is -1.10. The molecule has 0 aliphatic heterocycles. The van der Waals surface area contributed by atoms with Gasteiger partial charge >= 0.3 is 12.1 Å². The lowest BCUT2D eigenvalue weighted by Crippen LogP contribution is -2.26. The largest absolute Gasteiger partial charge is 0.443 e. The number of ether oxygens (including phenoxy) is 1. The second-order valence-corrected chi connectivity index (χ2v) is 10.7. The van der Waals surface area contributed by atoms with Crippen molar-refractivity contribution in [3.63, 3.8) is 0 Å².